The summed E-state index contributed by atoms with van der Waals surface area (Å²) in [5, 5.41) is 66.7. The summed E-state index contributed by atoms with van der Waals surface area (Å²) in [5.74, 6) is 0.693. The minimum Gasteiger partial charge on any atom is -0.508 e. The van der Waals surface area contributed by atoms with Gasteiger partial charge in [-0.2, -0.15) is 88.4 Å². The molecule has 31 nitrogen and oxygen atoms in total. The van der Waals surface area contributed by atoms with Gasteiger partial charge in [0.25, 0.3) is 0 Å². The zero-order valence-electron chi connectivity index (χ0n) is 77.4. The van der Waals surface area contributed by atoms with Gasteiger partial charge in [-0.1, -0.05) is 123 Å². The van der Waals surface area contributed by atoms with Gasteiger partial charge in [0.05, 0.1) is 36.1 Å². The average molecular weight is 2210 g/mol. The normalized spacial score (nSPS) is 22.4. The molecular formula is C94H121N7O24S15. The predicted molar refractivity (Wildman–Crippen MR) is 578 cm³/mol. The number of benzene rings is 4. The molecule has 4 aromatic carbocycles. The van der Waals surface area contributed by atoms with Crippen LogP contribution in [0.25, 0.3) is 0 Å². The Morgan fingerprint density at radius 3 is 1.20 bits per heavy atom. The van der Waals surface area contributed by atoms with Crippen LogP contribution in [-0.2, 0) is 83.0 Å². The number of methoxy groups -OCH3 is 1. The van der Waals surface area contributed by atoms with E-state index in [-0.39, 0.29) is 154 Å². The van der Waals surface area contributed by atoms with Crippen LogP contribution >= 0.6 is 182 Å². The molecule has 0 aliphatic carbocycles. The van der Waals surface area contributed by atoms with Gasteiger partial charge in [0.15, 0.2) is 0 Å². The number of phenols is 2. The number of aliphatic carboxylic acids is 5. The molecule has 0 saturated carbocycles. The highest BCUT2D eigenvalue weighted by Crippen LogP contribution is 2.49. The van der Waals surface area contributed by atoms with E-state index in [2.05, 4.69) is 102 Å². The lowest BCUT2D eigenvalue weighted by atomic mass is 9.99. The molecule has 9 heterocycles. The number of hydrogen-bond acceptors (Lipinski definition) is 34. The number of thiol groups is 7. The Labute approximate surface area is 887 Å². The van der Waals surface area contributed by atoms with E-state index in [1.165, 1.54) is 85.6 Å². The fraction of sp³-hybridized carbons (Fsp3) is 0.489. The average Bonchev–Trinajstić information content (AvgIpc) is 1.65. The van der Waals surface area contributed by atoms with Crippen molar-refractivity contribution in [1.82, 2.24) is 34.3 Å². The summed E-state index contributed by atoms with van der Waals surface area (Å²) in [6.45, 7) is 9.81. The van der Waals surface area contributed by atoms with E-state index in [1.54, 1.807) is 129 Å². The number of rotatable bonds is 35. The lowest BCUT2D eigenvalue weighted by molar-refractivity contribution is -0.153. The predicted octanol–water partition coefficient (Wildman–Crippen LogP) is 14.8. The molecular weight excluding hydrogens is 2090 g/mol. The summed E-state index contributed by atoms with van der Waals surface area (Å²) in [4.78, 5) is 177. The first-order valence-electron chi connectivity index (χ1n) is 44.7. The molecule has 7 amide bonds. The van der Waals surface area contributed by atoms with Crippen LogP contribution in [0.3, 0.4) is 0 Å². The summed E-state index contributed by atoms with van der Waals surface area (Å²) in [5.41, 5.74) is 3.58. The number of thioether (sulfide) groups is 7. The number of aromatic hydroxyl groups is 2. The molecule has 6 aromatic rings. The number of hydrogen-bond donors (Lipinski definition) is 14. The smallest absolute Gasteiger partial charge is 0.329 e. The first kappa shape index (κ1) is 120. The van der Waals surface area contributed by atoms with Crippen molar-refractivity contribution in [3.63, 3.8) is 0 Å². The van der Waals surface area contributed by atoms with Crippen molar-refractivity contribution in [1.29, 1.82) is 0 Å². The van der Waals surface area contributed by atoms with Crippen molar-refractivity contribution in [2.75, 3.05) is 94.3 Å². The van der Waals surface area contributed by atoms with Crippen molar-refractivity contribution in [3.05, 3.63) is 191 Å². The number of ether oxygens (including phenoxy) is 2. The summed E-state index contributed by atoms with van der Waals surface area (Å²) < 4.78 is 15.1. The largest absolute Gasteiger partial charge is 0.508 e. The van der Waals surface area contributed by atoms with E-state index in [0.717, 1.165) is 36.1 Å². The fourth-order valence-corrected chi connectivity index (χ4v) is 28.3. The van der Waals surface area contributed by atoms with Crippen LogP contribution < -0.4 is 0 Å². The Morgan fingerprint density at radius 2 is 0.786 bits per heavy atom. The Kier molecular flexibility index (Phi) is 53.4. The topological polar surface area (TPSA) is 435 Å². The van der Waals surface area contributed by atoms with E-state index >= 15 is 0 Å². The first-order valence-corrected chi connectivity index (χ1v) is 57.3. The maximum absolute atomic E-state index is 12.4. The van der Waals surface area contributed by atoms with E-state index in [1.807, 2.05) is 91.2 Å². The quantitative estimate of drug-likeness (QED) is 0.00998. The van der Waals surface area contributed by atoms with Crippen LogP contribution in [0.1, 0.15) is 145 Å². The Morgan fingerprint density at radius 1 is 0.421 bits per heavy atom. The first-order chi connectivity index (χ1) is 67.2. The molecule has 7 fully saturated rings. The molecule has 7 aliphatic rings. The SMILES string of the molecule is C=CCCC(C)C1SCC(C(=O)O)N1C(=O)CCS.CC(c1ccccc1)C1SCC(C(=O)O)N1C(=O)CCS.CCOC(=O)C1CSC(c2ccccc2O)N1C(=O)CCS.COC(=O)C1CSC(c2ccccc2O)N1C(=O)CCS.O=C(O)C1CSC(CCc2ccccc2)N1C(=O)CCS.O=C(O)C1CSC(c2ccco2)N1C(=O)CCS.O=C(O)C1CSC(c2cccs2)N1C(=O)CCS. The molecule has 46 heteroatoms. The Balaban J connectivity index is 0.000000222. The number of carbonyl (C=O) groups is 14. The molecule has 0 bridgehead atoms. The number of amides is 7. The van der Waals surface area contributed by atoms with Crippen LogP contribution in [0.5, 0.6) is 11.5 Å². The molecule has 16 unspecified atom stereocenters. The second-order valence-corrected chi connectivity index (χ2v) is 43.8. The zero-order chi connectivity index (χ0) is 103. The minimum atomic E-state index is -0.982. The highest BCUT2D eigenvalue weighted by molar-refractivity contribution is 8.01. The van der Waals surface area contributed by atoms with Crippen LogP contribution in [0.15, 0.2) is 162 Å². The third-order valence-electron chi connectivity index (χ3n) is 22.5. The van der Waals surface area contributed by atoms with Crippen LogP contribution in [0.2, 0.25) is 0 Å². The van der Waals surface area contributed by atoms with Crippen molar-refractivity contribution < 1.29 is 117 Å². The van der Waals surface area contributed by atoms with Gasteiger partial charge < -0.3 is 83.9 Å². The third kappa shape index (κ3) is 33.9. The summed E-state index contributed by atoms with van der Waals surface area (Å²) in [6.07, 6.45) is 8.61. The van der Waals surface area contributed by atoms with Crippen LogP contribution in [-0.4, -0.2) is 306 Å². The fourth-order valence-electron chi connectivity index (χ4n) is 15.7. The van der Waals surface area contributed by atoms with E-state index in [0.29, 0.717) is 97.4 Å². The zero-order valence-corrected chi connectivity index (χ0v) is 90.2. The third-order valence-corrected chi connectivity index (χ3v) is 34.7. The molecule has 140 heavy (non-hydrogen) atoms. The number of furan rings is 1. The van der Waals surface area contributed by atoms with Gasteiger partial charge >= 0.3 is 41.8 Å². The lowest BCUT2D eigenvalue weighted by Crippen LogP contribution is -2.47. The van der Waals surface area contributed by atoms with Gasteiger partial charge in [-0.25, -0.2) is 33.6 Å². The van der Waals surface area contributed by atoms with Crippen molar-refractivity contribution in [2.24, 2.45) is 5.92 Å². The minimum absolute atomic E-state index is 0.0477. The summed E-state index contributed by atoms with van der Waals surface area (Å²) in [7, 11) is 1.31. The van der Waals surface area contributed by atoms with Gasteiger partial charge in [0, 0.05) is 107 Å². The van der Waals surface area contributed by atoms with Crippen molar-refractivity contribution >= 4 is 265 Å². The number of esters is 2. The molecule has 0 spiro atoms. The molecule has 7 saturated heterocycles. The van der Waals surface area contributed by atoms with Crippen LogP contribution in [0.4, 0.5) is 0 Å². The highest BCUT2D eigenvalue weighted by Gasteiger charge is 2.50. The van der Waals surface area contributed by atoms with Gasteiger partial charge in [-0.3, -0.25) is 33.6 Å². The van der Waals surface area contributed by atoms with E-state index in [4.69, 9.17) is 19.0 Å². The molecule has 766 valence electrons. The number of phenolic OH excluding ortho intramolecular Hbond substituents is 2. The molecule has 7 aliphatic heterocycles. The molecule has 16 atom stereocenters. The number of nitrogens with zero attached hydrogens (tertiary/aromatic N) is 7. The van der Waals surface area contributed by atoms with Gasteiger partial charge in [-0.05, 0) is 126 Å². The van der Waals surface area contributed by atoms with Crippen LogP contribution in [0, 0.1) is 5.92 Å². The number of carboxylic acids is 5. The second kappa shape index (κ2) is 62.5. The molecule has 7 N–H and O–H groups in total. The maximum atomic E-state index is 12.4. The number of thiophene rings is 1. The van der Waals surface area contributed by atoms with Crippen molar-refractivity contribution in [2.45, 2.75) is 177 Å². The standard InChI is InChI=1S/C15H19NO4S2.2C15H19NO3S2.C14H17NO4S2.C13H21NO3S2.C11H13NO4S2.C11H13NO3S3/c1-2-20-15(19)11-9-22-14(16(11)13(18)7-8-21)10-5-3-4-6-12(10)17;1-10(11-5-3-2-4-6-11)14-16(13(17)7-8-20)12(9-21-14)15(18)19;17-13(8-9-20)16-12(15(18)19)10-21-14(16)7-6-11-4-2-1-3-5-11;1-19-14(18)10-8-21-13(15(10)12(17)6-7-20)9-4-2-3-5-11(9)16;1-3-4-5-9(2)12-14(11(15)6-7-18)10(8-19-12)13(16)17;13-9(3-5-17)12-7(11(14)15)6-18-10(12)8-2-1-4-16-8;13-9(3-4-16)12-7(11(14)15)6-18-10(12)8-2-1-5-17-8/h3-6,11,14,17,21H,2,7-9H2,1H3;2-6,10,12,14,20H,7-9H2,1H3,(H,18,19);1-5,12,14,20H,6-10H2,(H,18,19);2-5,10,13,16,20H,6-8H2,1H3;3,9-10,12,18H,1,4-8H2,2H3,(H,16,17);1-2,4,7,10,17H,3,5-6H2,(H,14,15);1-2,5,7,10,16H,3-4,6H2,(H,14,15). The number of carboxylic acid groups (broad SMARTS) is 5. The summed E-state index contributed by atoms with van der Waals surface area (Å²) >= 11 is 40.5. The van der Waals surface area contributed by atoms with E-state index in [9.17, 15) is 97.8 Å². The summed E-state index contributed by atoms with van der Waals surface area (Å²) in [6, 6.07) is 36.1. The second-order valence-electron chi connectivity index (χ2n) is 31.7. The number of allylic oxidation sites excluding steroid dienone is 1. The number of carbonyl (C=O) groups excluding carboxylic acids is 9. The lowest BCUT2D eigenvalue weighted by Gasteiger charge is -2.31. The Hall–Kier alpha value is -7.32. The Bertz CT molecular complexity index is 4930. The maximum Gasteiger partial charge on any atom is 0.329 e. The highest BCUT2D eigenvalue weighted by atomic mass is 32.2. The van der Waals surface area contributed by atoms with Gasteiger partial charge in [0.1, 0.15) is 81.0 Å². The molecule has 13 rings (SSSR count). The van der Waals surface area contributed by atoms with E-state index < -0.39 is 84.1 Å². The number of para-hydroxylation sites is 2. The molecule has 0 radical (unpaired) electrons. The van der Waals surface area contributed by atoms with Gasteiger partial charge in [-0.15, -0.1) is 100 Å². The molecule has 2 aromatic heterocycles. The number of aryl methyl sites for hydroxylation is 1. The van der Waals surface area contributed by atoms with Crippen molar-refractivity contribution in [3.8, 4) is 11.5 Å². The monoisotopic (exact) mass is 2210 g/mol. The van der Waals surface area contributed by atoms with Gasteiger partial charge in [0.2, 0.25) is 41.4 Å².